The highest BCUT2D eigenvalue weighted by atomic mass is 16.6. The number of ether oxygens (including phenoxy) is 3. The van der Waals surface area contributed by atoms with Gasteiger partial charge in [-0.1, -0.05) is 254 Å². The van der Waals surface area contributed by atoms with Gasteiger partial charge >= 0.3 is 17.9 Å². The van der Waals surface area contributed by atoms with E-state index >= 15 is 0 Å². The van der Waals surface area contributed by atoms with Crippen molar-refractivity contribution in [1.82, 2.24) is 0 Å². The fourth-order valence-corrected chi connectivity index (χ4v) is 7.60. The van der Waals surface area contributed by atoms with Gasteiger partial charge in [0.05, 0.1) is 0 Å². The van der Waals surface area contributed by atoms with Gasteiger partial charge in [0.1, 0.15) is 13.2 Å². The van der Waals surface area contributed by atoms with Crippen molar-refractivity contribution in [2.24, 2.45) is 0 Å². The summed E-state index contributed by atoms with van der Waals surface area (Å²) in [5.41, 5.74) is 0. The van der Waals surface area contributed by atoms with Gasteiger partial charge in [0.2, 0.25) is 0 Å². The number of carbonyl (C=O) groups is 3. The molecular formula is C72H110O6. The van der Waals surface area contributed by atoms with Crippen LogP contribution in [0.25, 0.3) is 0 Å². The summed E-state index contributed by atoms with van der Waals surface area (Å²) in [7, 11) is 0. The van der Waals surface area contributed by atoms with Gasteiger partial charge in [0.25, 0.3) is 0 Å². The molecular weight excluding hydrogens is 961 g/mol. The van der Waals surface area contributed by atoms with Crippen molar-refractivity contribution in [3.63, 3.8) is 0 Å². The molecule has 0 aliphatic heterocycles. The molecule has 0 rings (SSSR count). The van der Waals surface area contributed by atoms with E-state index in [4.69, 9.17) is 14.2 Å². The molecule has 6 heteroatoms. The number of esters is 3. The van der Waals surface area contributed by atoms with Crippen LogP contribution in [0.2, 0.25) is 0 Å². The minimum Gasteiger partial charge on any atom is -0.462 e. The molecule has 0 bridgehead atoms. The van der Waals surface area contributed by atoms with Crippen molar-refractivity contribution in [2.45, 2.75) is 239 Å². The molecule has 0 spiro atoms. The molecule has 0 heterocycles. The monoisotopic (exact) mass is 1070 g/mol. The summed E-state index contributed by atoms with van der Waals surface area (Å²) >= 11 is 0. The molecule has 78 heavy (non-hydrogen) atoms. The molecule has 434 valence electrons. The van der Waals surface area contributed by atoms with E-state index in [2.05, 4.69) is 191 Å². The Morgan fingerprint density at radius 3 is 0.885 bits per heavy atom. The van der Waals surface area contributed by atoms with E-state index in [1.54, 1.807) is 0 Å². The summed E-state index contributed by atoms with van der Waals surface area (Å²) in [6, 6.07) is 0. The Labute approximate surface area is 478 Å². The summed E-state index contributed by atoms with van der Waals surface area (Å²) in [6.45, 7) is 6.26. The lowest BCUT2D eigenvalue weighted by atomic mass is 10.1. The van der Waals surface area contributed by atoms with Crippen molar-refractivity contribution in [2.75, 3.05) is 13.2 Å². The maximum absolute atomic E-state index is 12.9. The largest absolute Gasteiger partial charge is 0.462 e. The summed E-state index contributed by atoms with van der Waals surface area (Å²) < 4.78 is 16.8. The third-order valence-corrected chi connectivity index (χ3v) is 12.1. The van der Waals surface area contributed by atoms with E-state index in [9.17, 15) is 14.4 Å². The van der Waals surface area contributed by atoms with Crippen molar-refractivity contribution < 1.29 is 28.6 Å². The normalized spacial score (nSPS) is 13.4. The Bertz CT molecular complexity index is 1850. The molecule has 0 aromatic heterocycles. The van der Waals surface area contributed by atoms with E-state index < -0.39 is 12.1 Å². The van der Waals surface area contributed by atoms with Crippen molar-refractivity contribution in [1.29, 1.82) is 0 Å². The van der Waals surface area contributed by atoms with Crippen LogP contribution in [0.5, 0.6) is 0 Å². The smallest absolute Gasteiger partial charge is 0.306 e. The maximum Gasteiger partial charge on any atom is 0.306 e. The molecule has 0 amide bonds. The lowest BCUT2D eigenvalue weighted by molar-refractivity contribution is -0.166. The second-order valence-corrected chi connectivity index (χ2v) is 19.5. The number of hydrogen-bond donors (Lipinski definition) is 0. The summed E-state index contributed by atoms with van der Waals surface area (Å²) in [5.74, 6) is -1.10. The second-order valence-electron chi connectivity index (χ2n) is 19.5. The van der Waals surface area contributed by atoms with Gasteiger partial charge in [-0.3, -0.25) is 14.4 Å². The minimum atomic E-state index is -0.858. The molecule has 0 aliphatic rings. The number of unbranched alkanes of at least 4 members (excludes halogenated alkanes) is 12. The van der Waals surface area contributed by atoms with Gasteiger partial charge in [0, 0.05) is 19.3 Å². The SMILES string of the molecule is CC/C=C\C/C=C\C/C=C\C/C=C\C/C=C\C/C=C\C/C=C\CCCC(=O)OCC(COC(=O)CCCCCCCCC/C=C\C/C=C\CCCCCC)OC(=O)CC/C=C\C/C=C\C/C=C\C/C=C\C/C=C\C/C=C\CC. The number of carbonyl (C=O) groups excluding carboxylic acids is 3. The third-order valence-electron chi connectivity index (χ3n) is 12.1. The standard InChI is InChI=1S/C72H110O6/c1-4-7-10-13-16-19-22-25-28-31-34-35-36-37-39-41-44-47-50-53-56-59-62-65-71(74)77-68-69(67-76-70(73)64-61-58-55-52-49-46-43-40-33-30-27-24-21-18-15-12-9-6-3)78-72(75)66-63-60-57-54-51-48-45-42-38-32-29-26-23-20-17-14-11-8-5-2/h7-8,10-11,16-17,19-21,24-26,28-30,33-35,37-39,42,44,47-48,51,53,56-57,60,69H,4-6,9,12-15,18,22-23,27,31-32,36,40-41,43,45-46,49-50,52,54-55,58-59,61-68H2,1-3H3/b10-7-,11-8-,19-16-,20-17-,24-21-,28-25-,29-26-,33-30-,35-34-,39-37-,42-38-,47-44-,51-48-,56-53-,60-57-. The second kappa shape index (κ2) is 64.0. The summed E-state index contributed by atoms with van der Waals surface area (Å²) in [4.78, 5) is 38.3. The molecule has 6 nitrogen and oxygen atoms in total. The lowest BCUT2D eigenvalue weighted by Crippen LogP contribution is -2.30. The van der Waals surface area contributed by atoms with E-state index in [1.807, 2.05) is 12.2 Å². The van der Waals surface area contributed by atoms with Crippen LogP contribution in [0.4, 0.5) is 0 Å². The number of allylic oxidation sites excluding steroid dienone is 30. The highest BCUT2D eigenvalue weighted by Gasteiger charge is 2.19. The Morgan fingerprint density at radius 1 is 0.269 bits per heavy atom. The van der Waals surface area contributed by atoms with Crippen LogP contribution in [-0.2, 0) is 28.6 Å². The Balaban J connectivity index is 4.65. The first kappa shape index (κ1) is 72.5. The van der Waals surface area contributed by atoms with Crippen LogP contribution in [0.15, 0.2) is 182 Å². The lowest BCUT2D eigenvalue weighted by Gasteiger charge is -2.18. The van der Waals surface area contributed by atoms with Crippen LogP contribution >= 0.6 is 0 Å². The molecule has 1 unspecified atom stereocenters. The zero-order valence-corrected chi connectivity index (χ0v) is 49.6. The van der Waals surface area contributed by atoms with Crippen LogP contribution in [0.1, 0.15) is 233 Å². The fraction of sp³-hybridized carbons (Fsp3) is 0.542. The molecule has 1 atom stereocenters. The Hall–Kier alpha value is -5.49. The first-order valence-electron chi connectivity index (χ1n) is 30.8. The van der Waals surface area contributed by atoms with Crippen molar-refractivity contribution in [3.8, 4) is 0 Å². The van der Waals surface area contributed by atoms with Gasteiger partial charge in [0.15, 0.2) is 6.10 Å². The van der Waals surface area contributed by atoms with Crippen LogP contribution in [0.3, 0.4) is 0 Å². The number of rotatable bonds is 53. The minimum absolute atomic E-state index is 0.140. The average Bonchev–Trinajstić information content (AvgIpc) is 3.44. The predicted octanol–water partition coefficient (Wildman–Crippen LogP) is 21.3. The maximum atomic E-state index is 12.9. The van der Waals surface area contributed by atoms with E-state index in [0.29, 0.717) is 19.3 Å². The van der Waals surface area contributed by atoms with Crippen molar-refractivity contribution in [3.05, 3.63) is 182 Å². The van der Waals surface area contributed by atoms with Gasteiger partial charge in [-0.25, -0.2) is 0 Å². The summed E-state index contributed by atoms with van der Waals surface area (Å²) in [5, 5.41) is 0. The third kappa shape index (κ3) is 61.4. The van der Waals surface area contributed by atoms with E-state index in [-0.39, 0.29) is 38.0 Å². The molecule has 0 aromatic carbocycles. The summed E-state index contributed by atoms with van der Waals surface area (Å²) in [6.07, 6.45) is 96.2. The van der Waals surface area contributed by atoms with Gasteiger partial charge in [-0.15, -0.1) is 0 Å². The highest BCUT2D eigenvalue weighted by molar-refractivity contribution is 5.71. The topological polar surface area (TPSA) is 78.9 Å². The van der Waals surface area contributed by atoms with Crippen molar-refractivity contribution >= 4 is 17.9 Å². The van der Waals surface area contributed by atoms with E-state index in [1.165, 1.54) is 57.8 Å². The highest BCUT2D eigenvalue weighted by Crippen LogP contribution is 2.12. The molecule has 0 radical (unpaired) electrons. The Kier molecular flexibility index (Phi) is 59.5. The molecule has 0 aliphatic carbocycles. The zero-order valence-electron chi connectivity index (χ0n) is 49.6. The first-order chi connectivity index (χ1) is 38.5. The first-order valence-corrected chi connectivity index (χ1v) is 30.8. The van der Waals surface area contributed by atoms with E-state index in [0.717, 1.165) is 122 Å². The van der Waals surface area contributed by atoms with Gasteiger partial charge < -0.3 is 14.2 Å². The molecule has 0 saturated heterocycles. The molecule has 0 N–H and O–H groups in total. The fourth-order valence-electron chi connectivity index (χ4n) is 7.60. The zero-order chi connectivity index (χ0) is 56.4. The van der Waals surface area contributed by atoms with Gasteiger partial charge in [-0.05, 0) is 141 Å². The molecule has 0 fully saturated rings. The quantitative estimate of drug-likeness (QED) is 0.0261. The Morgan fingerprint density at radius 2 is 0.538 bits per heavy atom. The van der Waals surface area contributed by atoms with Crippen LogP contribution < -0.4 is 0 Å². The van der Waals surface area contributed by atoms with Crippen LogP contribution in [0, 0.1) is 0 Å². The van der Waals surface area contributed by atoms with Gasteiger partial charge in [-0.2, -0.15) is 0 Å². The average molecular weight is 1070 g/mol. The molecule has 0 aromatic rings. The molecule has 0 saturated carbocycles. The predicted molar refractivity (Wildman–Crippen MR) is 338 cm³/mol. The number of hydrogen-bond acceptors (Lipinski definition) is 6. The van der Waals surface area contributed by atoms with Crippen LogP contribution in [-0.4, -0.2) is 37.2 Å².